The Morgan fingerprint density at radius 2 is 1.79 bits per heavy atom. The molecule has 0 aliphatic carbocycles. The normalized spacial score (nSPS) is 21.7. The zero-order valence-corrected chi connectivity index (χ0v) is 14.6. The first-order valence-electron chi connectivity index (χ1n) is 8.70. The molecule has 2 aliphatic heterocycles. The quantitative estimate of drug-likeness (QED) is 0.912. The van der Waals surface area contributed by atoms with Gasteiger partial charge in [0.2, 0.25) is 0 Å². The van der Waals surface area contributed by atoms with Gasteiger partial charge in [-0.3, -0.25) is 10.1 Å². The van der Waals surface area contributed by atoms with E-state index >= 15 is 0 Å². The number of hydrogen-bond donors (Lipinski definition) is 1. The predicted molar refractivity (Wildman–Crippen MR) is 94.3 cm³/mol. The van der Waals surface area contributed by atoms with Crippen LogP contribution >= 0.6 is 11.6 Å². The number of carbonyl (C=O) groups is 2. The summed E-state index contributed by atoms with van der Waals surface area (Å²) in [6.07, 6.45) is 4.73. The number of rotatable bonds is 3. The average molecular weight is 350 g/mol. The van der Waals surface area contributed by atoms with E-state index in [-0.39, 0.29) is 11.9 Å². The van der Waals surface area contributed by atoms with Crippen LogP contribution in [0.25, 0.3) is 0 Å². The molecule has 24 heavy (non-hydrogen) atoms. The summed E-state index contributed by atoms with van der Waals surface area (Å²) in [5.74, 6) is 0.131. The third-order valence-electron chi connectivity index (χ3n) is 4.85. The Hall–Kier alpha value is -1.59. The maximum absolute atomic E-state index is 12.4. The lowest BCUT2D eigenvalue weighted by Crippen LogP contribution is -2.49. The minimum absolute atomic E-state index is 0.291. The van der Waals surface area contributed by atoms with Crippen LogP contribution in [0.5, 0.6) is 0 Å². The summed E-state index contributed by atoms with van der Waals surface area (Å²) in [6, 6.07) is 6.25. The van der Waals surface area contributed by atoms with Crippen molar-refractivity contribution in [1.82, 2.24) is 15.1 Å². The molecule has 3 rings (SSSR count). The molecule has 2 fully saturated rings. The molecule has 0 aromatic heterocycles. The number of hydrogen-bond acceptors (Lipinski definition) is 3. The third-order valence-corrected chi connectivity index (χ3v) is 5.10. The van der Waals surface area contributed by atoms with Crippen LogP contribution in [0, 0.1) is 5.92 Å². The number of likely N-dealkylation sites (tertiary alicyclic amines) is 2. The van der Waals surface area contributed by atoms with Gasteiger partial charge in [-0.05, 0) is 69.0 Å². The van der Waals surface area contributed by atoms with E-state index in [1.54, 1.807) is 29.2 Å². The highest BCUT2D eigenvalue weighted by Gasteiger charge is 2.27. The highest BCUT2D eigenvalue weighted by Crippen LogP contribution is 2.20. The molecular weight excluding hydrogens is 326 g/mol. The van der Waals surface area contributed by atoms with Gasteiger partial charge in [-0.25, -0.2) is 4.79 Å². The molecule has 2 heterocycles. The highest BCUT2D eigenvalue weighted by molar-refractivity contribution is 6.30. The maximum Gasteiger partial charge on any atom is 0.324 e. The number of nitrogens with one attached hydrogen (secondary N) is 1. The molecule has 0 spiro atoms. The first-order valence-corrected chi connectivity index (χ1v) is 9.08. The Morgan fingerprint density at radius 3 is 2.50 bits per heavy atom. The lowest BCUT2D eigenvalue weighted by atomic mass is 9.98. The van der Waals surface area contributed by atoms with E-state index in [0.29, 0.717) is 16.5 Å². The standard InChI is InChI=1S/C18H24ClN3O2/c19-16-7-5-15(6-8-16)17(23)20-18(24)22-11-3-4-14(13-22)12-21-9-1-2-10-21/h5-8,14H,1-4,9-13H2,(H,20,23,24)/t14-/m1/s1. The summed E-state index contributed by atoms with van der Waals surface area (Å²) >= 11 is 5.82. The van der Waals surface area contributed by atoms with E-state index in [2.05, 4.69) is 10.2 Å². The molecule has 3 amide bonds. The first kappa shape index (κ1) is 17.2. The van der Waals surface area contributed by atoms with Crippen molar-refractivity contribution in [3.8, 4) is 0 Å². The SMILES string of the molecule is O=C(NC(=O)N1CCC[C@H](CN2CCCC2)C1)c1ccc(Cl)cc1. The maximum atomic E-state index is 12.4. The van der Waals surface area contributed by atoms with Crippen LogP contribution in [-0.4, -0.2) is 54.5 Å². The van der Waals surface area contributed by atoms with Crippen molar-refractivity contribution >= 4 is 23.5 Å². The lowest BCUT2D eigenvalue weighted by Gasteiger charge is -2.34. The molecule has 0 unspecified atom stereocenters. The second kappa shape index (κ2) is 7.99. The summed E-state index contributed by atoms with van der Waals surface area (Å²) in [7, 11) is 0. The minimum Gasteiger partial charge on any atom is -0.324 e. The topological polar surface area (TPSA) is 52.7 Å². The Labute approximate surface area is 147 Å². The van der Waals surface area contributed by atoms with E-state index in [1.165, 1.54) is 25.9 Å². The van der Waals surface area contributed by atoms with Gasteiger partial charge in [-0.1, -0.05) is 11.6 Å². The number of amides is 3. The molecule has 2 aliphatic rings. The van der Waals surface area contributed by atoms with Gasteiger partial charge in [0.15, 0.2) is 0 Å². The molecule has 5 nitrogen and oxygen atoms in total. The first-order chi connectivity index (χ1) is 11.6. The van der Waals surface area contributed by atoms with Crippen molar-refractivity contribution in [2.45, 2.75) is 25.7 Å². The van der Waals surface area contributed by atoms with Crippen LogP contribution in [0.15, 0.2) is 24.3 Å². The molecule has 1 aromatic carbocycles. The number of urea groups is 1. The van der Waals surface area contributed by atoms with Crippen molar-refractivity contribution in [3.63, 3.8) is 0 Å². The molecule has 2 saturated heterocycles. The zero-order valence-electron chi connectivity index (χ0n) is 13.8. The van der Waals surface area contributed by atoms with Crippen LogP contribution in [0.3, 0.4) is 0 Å². The minimum atomic E-state index is -0.377. The molecule has 0 radical (unpaired) electrons. The van der Waals surface area contributed by atoms with Crippen LogP contribution in [-0.2, 0) is 0 Å². The summed E-state index contributed by atoms with van der Waals surface area (Å²) < 4.78 is 0. The van der Waals surface area contributed by atoms with Gasteiger partial charge in [0.1, 0.15) is 0 Å². The number of piperidine rings is 1. The van der Waals surface area contributed by atoms with Crippen LogP contribution in [0.4, 0.5) is 4.79 Å². The summed E-state index contributed by atoms with van der Waals surface area (Å²) in [4.78, 5) is 28.8. The van der Waals surface area contributed by atoms with E-state index < -0.39 is 0 Å². The van der Waals surface area contributed by atoms with Crippen molar-refractivity contribution in [1.29, 1.82) is 0 Å². The largest absolute Gasteiger partial charge is 0.324 e. The van der Waals surface area contributed by atoms with Gasteiger partial charge in [0.25, 0.3) is 5.91 Å². The Morgan fingerprint density at radius 1 is 1.08 bits per heavy atom. The molecule has 0 saturated carbocycles. The summed E-state index contributed by atoms with van der Waals surface area (Å²) in [5.41, 5.74) is 0.443. The van der Waals surface area contributed by atoms with Crippen molar-refractivity contribution in [2.75, 3.05) is 32.7 Å². The van der Waals surface area contributed by atoms with Gasteiger partial charge in [0, 0.05) is 30.2 Å². The molecule has 130 valence electrons. The fourth-order valence-corrected chi connectivity index (χ4v) is 3.70. The van der Waals surface area contributed by atoms with Gasteiger partial charge in [-0.15, -0.1) is 0 Å². The van der Waals surface area contributed by atoms with Gasteiger partial charge in [0.05, 0.1) is 0 Å². The smallest absolute Gasteiger partial charge is 0.324 e. The van der Waals surface area contributed by atoms with E-state index in [9.17, 15) is 9.59 Å². The summed E-state index contributed by atoms with van der Waals surface area (Å²) in [5, 5.41) is 3.06. The van der Waals surface area contributed by atoms with Gasteiger partial charge < -0.3 is 9.80 Å². The monoisotopic (exact) mass is 349 g/mol. The van der Waals surface area contributed by atoms with Crippen molar-refractivity contribution in [3.05, 3.63) is 34.9 Å². The Bertz CT molecular complexity index is 584. The van der Waals surface area contributed by atoms with Crippen LogP contribution < -0.4 is 5.32 Å². The lowest BCUT2D eigenvalue weighted by molar-refractivity contribution is 0.0937. The number of imide groups is 1. The Balaban J connectivity index is 1.52. The van der Waals surface area contributed by atoms with E-state index in [4.69, 9.17) is 11.6 Å². The fourth-order valence-electron chi connectivity index (χ4n) is 3.58. The third kappa shape index (κ3) is 4.48. The van der Waals surface area contributed by atoms with Crippen molar-refractivity contribution in [2.24, 2.45) is 5.92 Å². The zero-order chi connectivity index (χ0) is 16.9. The van der Waals surface area contributed by atoms with E-state index in [0.717, 1.165) is 32.5 Å². The molecule has 6 heteroatoms. The highest BCUT2D eigenvalue weighted by atomic mass is 35.5. The Kier molecular flexibility index (Phi) is 5.74. The van der Waals surface area contributed by atoms with Gasteiger partial charge >= 0.3 is 6.03 Å². The molecule has 1 N–H and O–H groups in total. The number of benzene rings is 1. The van der Waals surface area contributed by atoms with Crippen LogP contribution in [0.2, 0.25) is 5.02 Å². The number of carbonyl (C=O) groups excluding carboxylic acids is 2. The predicted octanol–water partition coefficient (Wildman–Crippen LogP) is 3.00. The average Bonchev–Trinajstić information content (AvgIpc) is 3.08. The molecule has 1 aromatic rings. The molecule has 1 atom stereocenters. The number of nitrogens with zero attached hydrogens (tertiary/aromatic N) is 2. The summed E-state index contributed by atoms with van der Waals surface area (Å²) in [6.45, 7) is 4.87. The fraction of sp³-hybridized carbons (Fsp3) is 0.556. The molecular formula is C18H24ClN3O2. The van der Waals surface area contributed by atoms with E-state index in [1.807, 2.05) is 0 Å². The number of halogens is 1. The molecule has 0 bridgehead atoms. The van der Waals surface area contributed by atoms with Crippen LogP contribution in [0.1, 0.15) is 36.0 Å². The van der Waals surface area contributed by atoms with Crippen molar-refractivity contribution < 1.29 is 9.59 Å². The second-order valence-electron chi connectivity index (χ2n) is 6.73. The second-order valence-corrected chi connectivity index (χ2v) is 7.16. The van der Waals surface area contributed by atoms with Gasteiger partial charge in [-0.2, -0.15) is 0 Å².